The Morgan fingerprint density at radius 3 is 1.33 bits per heavy atom. The Morgan fingerprint density at radius 2 is 0.833 bits per heavy atom. The molecule has 0 aliphatic carbocycles. The number of carboxylic acid groups (broad SMARTS) is 4. The zero-order chi connectivity index (χ0) is 112. The molecule has 2 aliphatic heterocycles. The highest BCUT2D eigenvalue weighted by atomic mass is 32.1. The summed E-state index contributed by atoms with van der Waals surface area (Å²) in [5.74, 6) is -29.0. The number of nitrogens with zero attached hydrogens (tertiary/aromatic N) is 3. The standard InChI is InChI=1S/C91H147N29O28S2/c1-45(2)35-56(76(134)114-61(41-121)80(138)107-54(22-14-32-102-91(98)99)87(145)119-33-16-24-65(119)84(142)118-71(47(5)122)86(144)106-53(26-28-67(124)125)74(132)108-55(89(147)148)20-10-12-30-93)109-77(135)57(36-48-17-7-6-8-18-48)110-81(139)62(42-149)115-79(137)59(38-68(126)127)112-85(143)70(46(3)4)117-75(133)52(25-27-66(95)123)105-78(136)58(37-49-40-100-44-103-49)111-82(140)63(43-150)116-83(141)64-23-15-34-120(64)88(146)60(39-69(128)129)113-73(131)51(21-13-31-101-90(96)97)104-72(130)50(94)19-9-11-29-92/h6-8,17-18,40,44-47,50-65,70-71,121-122,149-150H,9-16,19-39,41-43,92-94H2,1-5H3,(H2,95,123)(H,100,103)(H,104,130)(H,105,136)(H,106,144)(H,107,138)(H,108,132)(H,109,135)(H,110,139)(H,111,140)(H,112,143)(H,113,131)(H,114,134)(H,115,137)(H,116,141)(H,117,133)(H,118,142)(H,124,125)(H,126,127)(H,128,129)(H,147,148)(H4,96,97,101)(H4,98,99,102)/t47-,50+,51+,52+,53+,54+,55+,56+,57+,58+,59+,60+,61+,62+,63+,64+,65+,70+,71+/m1/s1. The van der Waals surface area contributed by atoms with Crippen molar-refractivity contribution < 1.29 is 136 Å². The number of rotatable bonds is 70. The molecule has 3 heterocycles. The Kier molecular flexibility index (Phi) is 56.6. The number of imidazole rings is 1. The van der Waals surface area contributed by atoms with Crippen LogP contribution in [-0.2, 0) is 118 Å². The number of guanidine groups is 2. The topological polar surface area (TPSA) is 940 Å². The molecule has 4 rings (SSSR count). The van der Waals surface area contributed by atoms with Gasteiger partial charge in [0.1, 0.15) is 103 Å². The first-order valence-corrected chi connectivity index (χ1v) is 50.3. The molecule has 2 fully saturated rings. The maximum absolute atomic E-state index is 14.8. The van der Waals surface area contributed by atoms with E-state index in [4.69, 9.17) is 45.2 Å². The molecule has 2 aliphatic rings. The number of aliphatic hydroxyl groups excluding tert-OH is 2. The van der Waals surface area contributed by atoms with Gasteiger partial charge in [-0.15, -0.1) is 0 Å². The lowest BCUT2D eigenvalue weighted by Crippen LogP contribution is -2.62. The number of aromatic amines is 1. The molecular formula is C91H147N29O28S2. The third-order valence-corrected chi connectivity index (χ3v) is 24.7. The van der Waals surface area contributed by atoms with Crippen LogP contribution in [0.25, 0.3) is 0 Å². The smallest absolute Gasteiger partial charge is 0.326 e. The third-order valence-electron chi connectivity index (χ3n) is 24.0. The number of hydrogen-bond donors (Lipinski definition) is 34. The molecule has 57 nitrogen and oxygen atoms in total. The van der Waals surface area contributed by atoms with Crippen molar-refractivity contribution in [3.8, 4) is 0 Å². The molecule has 2 aromatic rings. The summed E-state index contributed by atoms with van der Waals surface area (Å²) in [4.78, 5) is 313. The minimum Gasteiger partial charge on any atom is -0.481 e. The Morgan fingerprint density at radius 1 is 0.433 bits per heavy atom. The molecule has 0 saturated carbocycles. The lowest BCUT2D eigenvalue weighted by Gasteiger charge is -2.31. The van der Waals surface area contributed by atoms with E-state index in [0.717, 1.165) is 16.7 Å². The minimum atomic E-state index is -2.10. The van der Waals surface area contributed by atoms with Gasteiger partial charge in [-0.25, -0.2) is 9.78 Å². The maximum atomic E-state index is 14.8. The minimum absolute atomic E-state index is 0.0149. The van der Waals surface area contributed by atoms with Crippen LogP contribution < -0.4 is 125 Å². The molecule has 2 saturated heterocycles. The monoisotopic (exact) mass is 2160 g/mol. The number of amides is 18. The van der Waals surface area contributed by atoms with Gasteiger partial charge in [-0.2, -0.15) is 25.3 Å². The van der Waals surface area contributed by atoms with Crippen LogP contribution >= 0.6 is 25.3 Å². The van der Waals surface area contributed by atoms with Crippen molar-refractivity contribution in [1.82, 2.24) is 110 Å². The summed E-state index contributed by atoms with van der Waals surface area (Å²) in [6.07, 6.45) is -3.21. The van der Waals surface area contributed by atoms with E-state index in [1.165, 1.54) is 26.4 Å². The number of carbonyl (C=O) groups excluding carboxylic acids is 18. The number of aliphatic hydroxyl groups is 2. The molecule has 19 atom stereocenters. The highest BCUT2D eigenvalue weighted by Gasteiger charge is 2.46. The summed E-state index contributed by atoms with van der Waals surface area (Å²) in [5.41, 5.74) is 34.3. The SMILES string of the molecule is CC(C)C[C@H](NC(=O)[C@H](Cc1ccccc1)NC(=O)[C@H](CS)NC(=O)[C@H](CC(=O)O)NC(=O)[C@@H](NC(=O)[C@H](CCC(N)=O)NC(=O)[C@H](Cc1cnc[nH]1)NC(=O)[C@H](CS)NC(=O)[C@@H]1CCCN1C(=O)[C@H](CC(=O)O)NC(=O)[C@H](CCCNC(=N)N)NC(=O)[C@@H](N)CCCCN)C(C)C)C(=O)N[C@@H](CO)C(=O)N[C@@H](CCCNC(=N)N)C(=O)N1CCC[C@H]1C(=O)N[C@H](C(=O)N[C@@H](CCC(=O)O)C(=O)N[C@@H](CCCCN)C(=O)O)[C@@H](C)O. The number of carboxylic acids is 4. The number of aromatic nitrogens is 2. The second-order valence-corrected chi connectivity index (χ2v) is 37.6. The Hall–Kier alpha value is -14.2. The molecule has 836 valence electrons. The summed E-state index contributed by atoms with van der Waals surface area (Å²) >= 11 is 8.56. The maximum Gasteiger partial charge on any atom is 0.326 e. The van der Waals surface area contributed by atoms with Crippen molar-refractivity contribution >= 4 is 167 Å². The van der Waals surface area contributed by atoms with Crippen LogP contribution in [-0.4, -0.2) is 365 Å². The molecular weight excluding hydrogens is 2010 g/mol. The van der Waals surface area contributed by atoms with Gasteiger partial charge < -0.3 is 170 Å². The summed E-state index contributed by atoms with van der Waals surface area (Å²) in [5, 5.41) is 118. The number of carbonyl (C=O) groups is 22. The van der Waals surface area contributed by atoms with E-state index in [2.05, 4.69) is 126 Å². The highest BCUT2D eigenvalue weighted by molar-refractivity contribution is 7.80. The number of likely N-dealkylation sites (tertiary alicyclic amines) is 2. The first-order chi connectivity index (χ1) is 70.9. The number of nitrogens with two attached hydrogens (primary N) is 6. The second kappa shape index (κ2) is 66.3. The second-order valence-electron chi connectivity index (χ2n) is 36.9. The molecule has 0 unspecified atom stereocenters. The van der Waals surface area contributed by atoms with Crippen molar-refractivity contribution in [2.24, 2.45) is 46.2 Å². The van der Waals surface area contributed by atoms with Crippen molar-refractivity contribution in [2.75, 3.05) is 57.4 Å². The van der Waals surface area contributed by atoms with Crippen LogP contribution in [0.1, 0.15) is 181 Å². The van der Waals surface area contributed by atoms with E-state index in [9.17, 15) is 136 Å². The van der Waals surface area contributed by atoms with Crippen LogP contribution in [0.5, 0.6) is 0 Å². The lowest BCUT2D eigenvalue weighted by atomic mass is 10.0. The summed E-state index contributed by atoms with van der Waals surface area (Å²) in [7, 11) is 0. The Labute approximate surface area is 875 Å². The first-order valence-electron chi connectivity index (χ1n) is 49.1. The molecule has 1 aromatic heterocycles. The number of H-pyrrole nitrogens is 1. The van der Waals surface area contributed by atoms with Crippen molar-refractivity contribution in [3.05, 3.63) is 54.1 Å². The predicted molar refractivity (Wildman–Crippen MR) is 541 cm³/mol. The summed E-state index contributed by atoms with van der Waals surface area (Å²) in [6.45, 7) is 6.28. The van der Waals surface area contributed by atoms with E-state index < -0.39 is 326 Å². The number of hydrogen-bond acceptors (Lipinski definition) is 32. The number of benzene rings is 1. The number of aliphatic carboxylic acids is 4. The summed E-state index contributed by atoms with van der Waals surface area (Å²) in [6, 6.07) is -21.9. The van der Waals surface area contributed by atoms with Crippen LogP contribution in [0.2, 0.25) is 0 Å². The lowest BCUT2D eigenvalue weighted by molar-refractivity contribution is -0.146. The Bertz CT molecular complexity index is 4940. The van der Waals surface area contributed by atoms with E-state index in [1.54, 1.807) is 44.2 Å². The van der Waals surface area contributed by atoms with E-state index in [0.29, 0.717) is 31.4 Å². The molecule has 150 heavy (non-hydrogen) atoms. The number of unbranched alkanes of at least 4 members (excludes halogenated alkanes) is 2. The van der Waals surface area contributed by atoms with Gasteiger partial charge in [0.2, 0.25) is 106 Å². The number of primary amides is 1. The molecule has 59 heteroatoms. The van der Waals surface area contributed by atoms with Crippen molar-refractivity contribution in [3.63, 3.8) is 0 Å². The fourth-order valence-corrected chi connectivity index (χ4v) is 16.5. The Balaban J connectivity index is 1.56. The zero-order valence-corrected chi connectivity index (χ0v) is 85.9. The quantitative estimate of drug-likeness (QED) is 0.0127. The fraction of sp³-hybridized carbons (Fsp3) is 0.637. The first kappa shape index (κ1) is 128. The molecule has 1 aromatic carbocycles. The predicted octanol–water partition coefficient (Wildman–Crippen LogP) is -10.3. The molecule has 38 N–H and O–H groups in total. The van der Waals surface area contributed by atoms with Gasteiger partial charge in [-0.1, -0.05) is 64.4 Å². The molecule has 0 radical (unpaired) electrons. The fourth-order valence-electron chi connectivity index (χ4n) is 16.0. The van der Waals surface area contributed by atoms with Gasteiger partial charge in [0.25, 0.3) is 0 Å². The third kappa shape index (κ3) is 45.1. The largest absolute Gasteiger partial charge is 0.481 e. The van der Waals surface area contributed by atoms with Crippen LogP contribution in [0.15, 0.2) is 42.9 Å². The van der Waals surface area contributed by atoms with Crippen LogP contribution in [0, 0.1) is 22.7 Å². The van der Waals surface area contributed by atoms with Gasteiger partial charge in [0, 0.05) is 75.3 Å². The highest BCUT2D eigenvalue weighted by Crippen LogP contribution is 2.24. The molecule has 18 amide bonds. The van der Waals surface area contributed by atoms with Crippen LogP contribution in [0.3, 0.4) is 0 Å². The van der Waals surface area contributed by atoms with Crippen molar-refractivity contribution in [2.45, 2.75) is 297 Å². The van der Waals surface area contributed by atoms with Crippen molar-refractivity contribution in [1.29, 1.82) is 10.8 Å². The zero-order valence-electron chi connectivity index (χ0n) is 84.2. The number of thiol groups is 2. The van der Waals surface area contributed by atoms with Gasteiger partial charge in [-0.05, 0) is 140 Å². The van der Waals surface area contributed by atoms with E-state index in [1.807, 2.05) is 0 Å². The van der Waals surface area contributed by atoms with Gasteiger partial charge >= 0.3 is 23.9 Å². The average Bonchev–Trinajstić information content (AvgIpc) is 1.66. The van der Waals surface area contributed by atoms with E-state index >= 15 is 0 Å². The number of nitrogens with one attached hydrogen (secondary N) is 20. The average molecular weight is 2160 g/mol. The van der Waals surface area contributed by atoms with Crippen LogP contribution in [0.4, 0.5) is 0 Å². The van der Waals surface area contributed by atoms with Gasteiger partial charge in [0.05, 0.1) is 37.9 Å². The molecule has 0 spiro atoms. The molecule has 0 bridgehead atoms. The van der Waals surface area contributed by atoms with Gasteiger partial charge in [-0.3, -0.25) is 112 Å². The summed E-state index contributed by atoms with van der Waals surface area (Å²) < 4.78 is 0. The van der Waals surface area contributed by atoms with Gasteiger partial charge in [0.15, 0.2) is 11.9 Å². The van der Waals surface area contributed by atoms with E-state index in [-0.39, 0.29) is 128 Å². The normalized spacial score (nSPS) is 16.6.